The zero-order valence-electron chi connectivity index (χ0n) is 14.8. The molecule has 0 saturated heterocycles. The van der Waals surface area contributed by atoms with Crippen molar-refractivity contribution in [2.75, 3.05) is 5.32 Å². The van der Waals surface area contributed by atoms with E-state index in [-0.39, 0.29) is 18.2 Å². The van der Waals surface area contributed by atoms with E-state index in [0.29, 0.717) is 22.8 Å². The summed E-state index contributed by atoms with van der Waals surface area (Å²) in [7, 11) is 0. The lowest BCUT2D eigenvalue weighted by molar-refractivity contribution is -0.121. The van der Waals surface area contributed by atoms with Crippen LogP contribution in [0.5, 0.6) is 0 Å². The van der Waals surface area contributed by atoms with E-state index in [4.69, 9.17) is 17.3 Å². The van der Waals surface area contributed by atoms with Crippen LogP contribution in [0.15, 0.2) is 48.5 Å². The molecule has 142 valence electrons. The van der Waals surface area contributed by atoms with E-state index in [9.17, 15) is 14.4 Å². The van der Waals surface area contributed by atoms with E-state index in [1.165, 1.54) is 6.92 Å². The summed E-state index contributed by atoms with van der Waals surface area (Å²) < 4.78 is 0. The van der Waals surface area contributed by atoms with E-state index in [0.717, 1.165) is 5.56 Å². The molecule has 2 aromatic carbocycles. The van der Waals surface area contributed by atoms with Gasteiger partial charge >= 0.3 is 6.03 Å². The van der Waals surface area contributed by atoms with Crippen molar-refractivity contribution in [3.63, 3.8) is 0 Å². The topological polar surface area (TPSA) is 113 Å². The molecule has 8 heteroatoms. The number of nitrogens with two attached hydrogens (primary N) is 1. The summed E-state index contributed by atoms with van der Waals surface area (Å²) in [4.78, 5) is 34.6. The van der Waals surface area contributed by atoms with Gasteiger partial charge in [0, 0.05) is 24.2 Å². The molecule has 0 unspecified atom stereocenters. The highest BCUT2D eigenvalue weighted by molar-refractivity contribution is 6.31. The Labute approximate surface area is 162 Å². The molecule has 0 saturated carbocycles. The van der Waals surface area contributed by atoms with Crippen molar-refractivity contribution in [2.45, 2.75) is 25.9 Å². The number of urea groups is 1. The second-order valence-corrected chi connectivity index (χ2v) is 6.35. The Balaban J connectivity index is 1.96. The normalized spacial score (nSPS) is 11.3. The molecular weight excluding hydrogens is 368 g/mol. The maximum atomic E-state index is 12.3. The van der Waals surface area contributed by atoms with Gasteiger partial charge in [-0.15, -0.1) is 0 Å². The molecule has 7 nitrogen and oxygen atoms in total. The molecule has 27 heavy (non-hydrogen) atoms. The number of halogens is 1. The molecule has 0 aliphatic rings. The molecule has 0 aliphatic heterocycles. The van der Waals surface area contributed by atoms with Gasteiger partial charge in [-0.3, -0.25) is 9.59 Å². The first-order valence-corrected chi connectivity index (χ1v) is 8.66. The first-order valence-electron chi connectivity index (χ1n) is 8.29. The summed E-state index contributed by atoms with van der Waals surface area (Å²) in [5.74, 6) is -0.414. The van der Waals surface area contributed by atoms with Gasteiger partial charge in [0.25, 0.3) is 0 Å². The molecule has 0 aliphatic carbocycles. The molecule has 0 heterocycles. The first kappa shape index (κ1) is 20.3. The van der Waals surface area contributed by atoms with Gasteiger partial charge in [0.05, 0.1) is 12.5 Å². The summed E-state index contributed by atoms with van der Waals surface area (Å²) >= 11 is 6.16. The van der Waals surface area contributed by atoms with Gasteiger partial charge in [0.2, 0.25) is 11.8 Å². The molecule has 4 amide bonds. The Kier molecular flexibility index (Phi) is 7.19. The quantitative estimate of drug-likeness (QED) is 0.584. The van der Waals surface area contributed by atoms with Crippen LogP contribution >= 0.6 is 11.6 Å². The summed E-state index contributed by atoms with van der Waals surface area (Å²) in [5, 5.41) is 8.45. The second kappa shape index (κ2) is 9.59. The lowest BCUT2D eigenvalue weighted by Crippen LogP contribution is -2.36. The number of hydrogen-bond acceptors (Lipinski definition) is 3. The van der Waals surface area contributed by atoms with Gasteiger partial charge < -0.3 is 21.7 Å². The minimum absolute atomic E-state index is 0.00332. The van der Waals surface area contributed by atoms with Crippen LogP contribution < -0.4 is 21.7 Å². The fourth-order valence-electron chi connectivity index (χ4n) is 2.54. The van der Waals surface area contributed by atoms with Gasteiger partial charge in [0.1, 0.15) is 0 Å². The number of carbonyl (C=O) groups excluding carboxylic acids is 3. The Hall–Kier alpha value is -3.06. The predicted octanol–water partition coefficient (Wildman–Crippen LogP) is 2.71. The van der Waals surface area contributed by atoms with Crippen LogP contribution in [0.1, 0.15) is 30.5 Å². The van der Waals surface area contributed by atoms with E-state index < -0.39 is 12.1 Å². The maximum Gasteiger partial charge on any atom is 0.312 e. The zero-order chi connectivity index (χ0) is 19.8. The first-order chi connectivity index (χ1) is 12.8. The molecule has 0 spiro atoms. The highest BCUT2D eigenvalue weighted by atomic mass is 35.5. The number of amides is 4. The highest BCUT2D eigenvalue weighted by Gasteiger charge is 2.19. The molecule has 0 fully saturated rings. The summed E-state index contributed by atoms with van der Waals surface area (Å²) in [6, 6.07) is 12.7. The third-order valence-electron chi connectivity index (χ3n) is 3.75. The summed E-state index contributed by atoms with van der Waals surface area (Å²) in [6.07, 6.45) is -0.00332. The summed E-state index contributed by atoms with van der Waals surface area (Å²) in [6.45, 7) is 1.74. The molecule has 1 atom stereocenters. The van der Waals surface area contributed by atoms with Crippen molar-refractivity contribution in [2.24, 2.45) is 5.73 Å². The average Bonchev–Trinajstić information content (AvgIpc) is 2.60. The van der Waals surface area contributed by atoms with Crippen molar-refractivity contribution < 1.29 is 14.4 Å². The van der Waals surface area contributed by atoms with Crippen molar-refractivity contribution in [1.82, 2.24) is 10.6 Å². The van der Waals surface area contributed by atoms with Crippen molar-refractivity contribution in [3.8, 4) is 0 Å². The zero-order valence-corrected chi connectivity index (χ0v) is 15.5. The standard InChI is InChI=1S/C19H21ClN4O3/c1-12(25)23-14-8-6-13(7-9-14)11-22-18(26)10-17(24-19(21)27)15-4-2-3-5-16(15)20/h2-9,17H,10-11H2,1H3,(H,22,26)(H,23,25)(H3,21,24,27)/t17-/m1/s1. The molecular formula is C19H21ClN4O3. The molecule has 0 bridgehead atoms. The average molecular weight is 389 g/mol. The molecule has 2 rings (SSSR count). The lowest BCUT2D eigenvalue weighted by Gasteiger charge is -2.19. The molecule has 2 aromatic rings. The smallest absolute Gasteiger partial charge is 0.312 e. The van der Waals surface area contributed by atoms with Gasteiger partial charge in [-0.25, -0.2) is 4.79 Å². The van der Waals surface area contributed by atoms with Crippen LogP contribution in [-0.2, 0) is 16.1 Å². The van der Waals surface area contributed by atoms with Crippen molar-refractivity contribution in [1.29, 1.82) is 0 Å². The van der Waals surface area contributed by atoms with Gasteiger partial charge in [-0.2, -0.15) is 0 Å². The lowest BCUT2D eigenvalue weighted by atomic mass is 10.0. The minimum Gasteiger partial charge on any atom is -0.352 e. The van der Waals surface area contributed by atoms with Crippen LogP contribution in [0.3, 0.4) is 0 Å². The van der Waals surface area contributed by atoms with Crippen LogP contribution in [0.4, 0.5) is 10.5 Å². The molecule has 0 aromatic heterocycles. The predicted molar refractivity (Wildman–Crippen MR) is 104 cm³/mol. The third kappa shape index (κ3) is 6.63. The number of carbonyl (C=O) groups is 3. The Bertz CT molecular complexity index is 824. The maximum absolute atomic E-state index is 12.3. The van der Waals surface area contributed by atoms with Gasteiger partial charge in [0.15, 0.2) is 0 Å². The van der Waals surface area contributed by atoms with E-state index in [1.54, 1.807) is 48.5 Å². The van der Waals surface area contributed by atoms with Crippen LogP contribution in [-0.4, -0.2) is 17.8 Å². The second-order valence-electron chi connectivity index (χ2n) is 5.94. The highest BCUT2D eigenvalue weighted by Crippen LogP contribution is 2.25. The third-order valence-corrected chi connectivity index (χ3v) is 4.09. The number of rotatable bonds is 7. The fourth-order valence-corrected chi connectivity index (χ4v) is 2.80. The number of benzene rings is 2. The number of primary amides is 1. The Morgan fingerprint density at radius 2 is 1.74 bits per heavy atom. The number of hydrogen-bond donors (Lipinski definition) is 4. The van der Waals surface area contributed by atoms with Gasteiger partial charge in [-0.05, 0) is 29.3 Å². The number of anilines is 1. The summed E-state index contributed by atoms with van der Waals surface area (Å²) in [5.41, 5.74) is 7.39. The monoisotopic (exact) mass is 388 g/mol. The number of nitrogens with one attached hydrogen (secondary N) is 3. The van der Waals surface area contributed by atoms with Gasteiger partial charge in [-0.1, -0.05) is 41.9 Å². The molecule has 0 radical (unpaired) electrons. The Morgan fingerprint density at radius 1 is 1.07 bits per heavy atom. The molecule has 5 N–H and O–H groups in total. The minimum atomic E-state index is -0.735. The van der Waals surface area contributed by atoms with E-state index >= 15 is 0 Å². The largest absolute Gasteiger partial charge is 0.352 e. The van der Waals surface area contributed by atoms with Crippen LogP contribution in [0.2, 0.25) is 5.02 Å². The van der Waals surface area contributed by atoms with Crippen LogP contribution in [0.25, 0.3) is 0 Å². The Morgan fingerprint density at radius 3 is 2.33 bits per heavy atom. The fraction of sp³-hybridized carbons (Fsp3) is 0.211. The van der Waals surface area contributed by atoms with Crippen molar-refractivity contribution in [3.05, 3.63) is 64.7 Å². The van der Waals surface area contributed by atoms with Crippen LogP contribution in [0, 0.1) is 0 Å². The van der Waals surface area contributed by atoms with E-state index in [2.05, 4.69) is 16.0 Å². The van der Waals surface area contributed by atoms with Crippen molar-refractivity contribution >= 4 is 35.1 Å². The SMILES string of the molecule is CC(=O)Nc1ccc(CNC(=O)C[C@@H](NC(N)=O)c2ccccc2Cl)cc1. The van der Waals surface area contributed by atoms with E-state index in [1.807, 2.05) is 0 Å².